The number of ether oxygens (including phenoxy) is 1. The Morgan fingerprint density at radius 2 is 2.05 bits per heavy atom. The maximum absolute atomic E-state index is 13.2. The van der Waals surface area contributed by atoms with Crippen LogP contribution in [-0.4, -0.2) is 46.7 Å². The lowest BCUT2D eigenvalue weighted by molar-refractivity contribution is 0.0536. The van der Waals surface area contributed by atoms with E-state index in [1.807, 2.05) is 48.5 Å². The zero-order valence-electron chi connectivity index (χ0n) is 21.4. The Balaban J connectivity index is 1.52. The Morgan fingerprint density at radius 1 is 1.21 bits per heavy atom. The molecule has 1 aliphatic rings. The second-order valence-corrected chi connectivity index (χ2v) is 9.07. The number of hydrogen-bond donors (Lipinski definition) is 3. The number of nitrogens with zero attached hydrogens (tertiary/aromatic N) is 3. The second-order valence-electron chi connectivity index (χ2n) is 9.07. The first-order valence-electron chi connectivity index (χ1n) is 12.6. The lowest BCUT2D eigenvalue weighted by Crippen LogP contribution is -2.37. The number of amides is 1. The van der Waals surface area contributed by atoms with Gasteiger partial charge in [0.05, 0.1) is 12.5 Å². The highest BCUT2D eigenvalue weighted by Gasteiger charge is 2.19. The van der Waals surface area contributed by atoms with Gasteiger partial charge in [-0.05, 0) is 55.6 Å². The third-order valence-electron chi connectivity index (χ3n) is 6.45. The molecule has 1 unspecified atom stereocenters. The average molecular weight is 515 g/mol. The molecule has 1 atom stereocenters. The van der Waals surface area contributed by atoms with Crippen LogP contribution >= 0.6 is 0 Å². The summed E-state index contributed by atoms with van der Waals surface area (Å²) in [6.07, 6.45) is 6.03. The first-order valence-corrected chi connectivity index (χ1v) is 12.6. The van der Waals surface area contributed by atoms with Gasteiger partial charge in [0.15, 0.2) is 5.65 Å². The Bertz CT molecular complexity index is 1500. The van der Waals surface area contributed by atoms with Gasteiger partial charge in [-0.3, -0.25) is 14.4 Å². The normalized spacial score (nSPS) is 15.3. The molecule has 10 heteroatoms. The maximum atomic E-state index is 13.2. The molecule has 2 aromatic heterocycles. The van der Waals surface area contributed by atoms with Gasteiger partial charge in [-0.15, -0.1) is 0 Å². The molecule has 38 heavy (non-hydrogen) atoms. The molecule has 196 valence electrons. The highest BCUT2D eigenvalue weighted by atomic mass is 16.6. The van der Waals surface area contributed by atoms with Crippen molar-refractivity contribution in [2.45, 2.75) is 32.3 Å². The molecule has 4 aromatic rings. The Hall–Kier alpha value is -4.28. The number of benzene rings is 2. The zero-order chi connectivity index (χ0) is 26.5. The average Bonchev–Trinajstić information content (AvgIpc) is 2.94. The van der Waals surface area contributed by atoms with Gasteiger partial charge < -0.3 is 19.9 Å². The number of fused-ring (bicyclic) bond motifs is 1. The minimum Gasteiger partial charge on any atom is -0.489 e. The molecule has 1 aliphatic heterocycles. The van der Waals surface area contributed by atoms with Crippen LogP contribution in [0.15, 0.2) is 65.7 Å². The van der Waals surface area contributed by atoms with Crippen LogP contribution < -0.4 is 26.3 Å². The molecule has 1 amide bonds. The van der Waals surface area contributed by atoms with Gasteiger partial charge in [0.2, 0.25) is 11.4 Å². The Kier molecular flexibility index (Phi) is 7.62. The summed E-state index contributed by atoms with van der Waals surface area (Å²) in [6, 6.07) is 15.5. The highest BCUT2D eigenvalue weighted by Crippen LogP contribution is 2.24. The van der Waals surface area contributed by atoms with Gasteiger partial charge in [-0.1, -0.05) is 25.1 Å². The number of aryl methyl sites for hydroxylation is 1. The number of hydrogen-bond acceptors (Lipinski definition) is 8. The molecule has 0 radical (unpaired) electrons. The van der Waals surface area contributed by atoms with Crippen LogP contribution in [0.3, 0.4) is 0 Å². The van der Waals surface area contributed by atoms with Crippen molar-refractivity contribution in [3.8, 4) is 11.4 Å². The second kappa shape index (κ2) is 11.4. The first kappa shape index (κ1) is 25.4. The molecule has 0 spiro atoms. The SMILES string of the molecule is CCc1ccc(-n2cc(C(=O)NOC)c(=O)c3cnc(Nc4cccc(OC5CCCNC5)c4)nc32)cc1. The lowest BCUT2D eigenvalue weighted by atomic mass is 10.1. The molecule has 5 rings (SSSR count). The van der Waals surface area contributed by atoms with Crippen molar-refractivity contribution in [1.29, 1.82) is 0 Å². The molecular formula is C28H30N6O4. The van der Waals surface area contributed by atoms with Gasteiger partial charge in [0.1, 0.15) is 17.4 Å². The molecule has 1 fully saturated rings. The van der Waals surface area contributed by atoms with E-state index in [4.69, 9.17) is 9.57 Å². The number of piperidine rings is 1. The summed E-state index contributed by atoms with van der Waals surface area (Å²) in [4.78, 5) is 39.5. The number of pyridine rings is 1. The first-order chi connectivity index (χ1) is 18.6. The Morgan fingerprint density at radius 3 is 2.79 bits per heavy atom. The molecule has 3 N–H and O–H groups in total. The van der Waals surface area contributed by atoms with E-state index in [1.54, 1.807) is 4.57 Å². The van der Waals surface area contributed by atoms with E-state index in [-0.39, 0.29) is 17.1 Å². The zero-order valence-corrected chi connectivity index (χ0v) is 21.4. The quantitative estimate of drug-likeness (QED) is 0.306. The number of rotatable bonds is 8. The van der Waals surface area contributed by atoms with E-state index in [1.165, 1.54) is 25.1 Å². The summed E-state index contributed by atoms with van der Waals surface area (Å²) in [5.74, 6) is 0.415. The summed E-state index contributed by atoms with van der Waals surface area (Å²) in [5, 5.41) is 6.78. The van der Waals surface area contributed by atoms with Gasteiger partial charge in [0.25, 0.3) is 5.91 Å². The van der Waals surface area contributed by atoms with Gasteiger partial charge in [-0.2, -0.15) is 4.98 Å². The smallest absolute Gasteiger partial charge is 0.280 e. The maximum Gasteiger partial charge on any atom is 0.280 e. The van der Waals surface area contributed by atoms with E-state index in [0.29, 0.717) is 11.6 Å². The van der Waals surface area contributed by atoms with Gasteiger partial charge in [0, 0.05) is 36.4 Å². The topological polar surface area (TPSA) is 119 Å². The molecule has 2 aromatic carbocycles. The van der Waals surface area contributed by atoms with Crippen LogP contribution in [0.25, 0.3) is 16.7 Å². The fourth-order valence-electron chi connectivity index (χ4n) is 4.46. The van der Waals surface area contributed by atoms with Crippen LogP contribution in [0.4, 0.5) is 11.6 Å². The Labute approximate surface area is 220 Å². The van der Waals surface area contributed by atoms with Crippen molar-refractivity contribution in [2.75, 3.05) is 25.5 Å². The number of carbonyl (C=O) groups is 1. The van der Waals surface area contributed by atoms with Crippen LogP contribution in [-0.2, 0) is 11.3 Å². The van der Waals surface area contributed by atoms with Crippen molar-refractivity contribution in [3.63, 3.8) is 0 Å². The van der Waals surface area contributed by atoms with Crippen molar-refractivity contribution >= 4 is 28.6 Å². The molecular weight excluding hydrogens is 484 g/mol. The molecule has 0 bridgehead atoms. The largest absolute Gasteiger partial charge is 0.489 e. The number of hydroxylamine groups is 1. The fourth-order valence-corrected chi connectivity index (χ4v) is 4.46. The van der Waals surface area contributed by atoms with Crippen LogP contribution in [0.5, 0.6) is 5.75 Å². The molecule has 0 saturated carbocycles. The monoisotopic (exact) mass is 514 g/mol. The van der Waals surface area contributed by atoms with E-state index in [2.05, 4.69) is 33.0 Å². The minimum absolute atomic E-state index is 0.0784. The number of nitrogens with one attached hydrogen (secondary N) is 3. The van der Waals surface area contributed by atoms with E-state index >= 15 is 0 Å². The van der Waals surface area contributed by atoms with Gasteiger partial charge in [-0.25, -0.2) is 10.5 Å². The summed E-state index contributed by atoms with van der Waals surface area (Å²) < 4.78 is 7.85. The minimum atomic E-state index is -0.648. The summed E-state index contributed by atoms with van der Waals surface area (Å²) in [6.45, 7) is 3.92. The highest BCUT2D eigenvalue weighted by molar-refractivity contribution is 5.96. The third kappa shape index (κ3) is 5.51. The van der Waals surface area contributed by atoms with Crippen LogP contribution in [0, 0.1) is 0 Å². The van der Waals surface area contributed by atoms with Crippen LogP contribution in [0.2, 0.25) is 0 Å². The number of carbonyl (C=O) groups excluding carboxylic acids is 1. The molecule has 0 aliphatic carbocycles. The van der Waals surface area contributed by atoms with Gasteiger partial charge >= 0.3 is 0 Å². The van der Waals surface area contributed by atoms with Crippen LogP contribution in [0.1, 0.15) is 35.7 Å². The number of anilines is 2. The standard InChI is InChI=1S/C28H30N6O4/c1-3-18-9-11-20(12-10-18)34-17-24(27(36)33-37-2)25(35)23-16-30-28(32-26(23)34)31-19-6-4-7-21(14-19)38-22-8-5-13-29-15-22/h4,6-7,9-12,14,16-17,22,29H,3,5,8,13,15H2,1-2H3,(H,33,36)(H,30,31,32). The third-order valence-corrected chi connectivity index (χ3v) is 6.45. The summed E-state index contributed by atoms with van der Waals surface area (Å²) >= 11 is 0. The van der Waals surface area contributed by atoms with E-state index < -0.39 is 11.3 Å². The number of aromatic nitrogens is 3. The van der Waals surface area contributed by atoms with Crippen molar-refractivity contribution in [2.24, 2.45) is 0 Å². The summed E-state index contributed by atoms with van der Waals surface area (Å²) in [5.41, 5.74) is 4.69. The van der Waals surface area contributed by atoms with Crippen molar-refractivity contribution in [1.82, 2.24) is 25.3 Å². The van der Waals surface area contributed by atoms with Crippen molar-refractivity contribution in [3.05, 3.63) is 82.3 Å². The van der Waals surface area contributed by atoms with E-state index in [9.17, 15) is 9.59 Å². The summed E-state index contributed by atoms with van der Waals surface area (Å²) in [7, 11) is 1.31. The lowest BCUT2D eigenvalue weighted by Gasteiger charge is -2.24. The van der Waals surface area contributed by atoms with E-state index in [0.717, 1.165) is 49.5 Å². The molecule has 10 nitrogen and oxygen atoms in total. The molecule has 3 heterocycles. The predicted octanol–water partition coefficient (Wildman–Crippen LogP) is 3.51. The fraction of sp³-hybridized carbons (Fsp3) is 0.286. The molecule has 1 saturated heterocycles. The van der Waals surface area contributed by atoms with Crippen molar-refractivity contribution < 1.29 is 14.4 Å². The predicted molar refractivity (Wildman–Crippen MR) is 145 cm³/mol.